The van der Waals surface area contributed by atoms with E-state index in [0.29, 0.717) is 16.0 Å². The third-order valence-electron chi connectivity index (χ3n) is 5.62. The predicted molar refractivity (Wildman–Crippen MR) is 108 cm³/mol. The Balaban J connectivity index is 1.75. The van der Waals surface area contributed by atoms with Crippen LogP contribution in [-0.4, -0.2) is 39.4 Å². The molecule has 5 nitrogen and oxygen atoms in total. The number of aromatic nitrogens is 2. The highest BCUT2D eigenvalue weighted by Gasteiger charge is 2.40. The molecule has 2 aromatic rings. The average molecular weight is 405 g/mol. The van der Waals surface area contributed by atoms with Crippen LogP contribution in [0.4, 0.5) is 5.82 Å². The van der Waals surface area contributed by atoms with Crippen molar-refractivity contribution in [3.8, 4) is 0 Å². The maximum absolute atomic E-state index is 13.5. The molecule has 2 aliphatic heterocycles. The van der Waals surface area contributed by atoms with Crippen molar-refractivity contribution < 1.29 is 4.79 Å². The van der Waals surface area contributed by atoms with Gasteiger partial charge in [0.05, 0.1) is 22.3 Å². The molecule has 4 rings (SSSR count). The fraction of sp³-hybridized carbons (Fsp3) is 0.450. The third-order valence-corrected chi connectivity index (χ3v) is 6.36. The van der Waals surface area contributed by atoms with Crippen molar-refractivity contribution in [1.29, 1.82) is 0 Å². The van der Waals surface area contributed by atoms with Gasteiger partial charge in [0.2, 0.25) is 5.91 Å². The van der Waals surface area contributed by atoms with Crippen molar-refractivity contribution in [3.05, 3.63) is 46.1 Å². The average Bonchev–Trinajstić information content (AvgIpc) is 3.11. The first-order chi connectivity index (χ1) is 13.0. The summed E-state index contributed by atoms with van der Waals surface area (Å²) in [6, 6.07) is 7.10. The van der Waals surface area contributed by atoms with Crippen LogP contribution in [0.5, 0.6) is 0 Å². The van der Waals surface area contributed by atoms with Crippen molar-refractivity contribution in [2.45, 2.75) is 32.7 Å². The van der Waals surface area contributed by atoms with Crippen molar-refractivity contribution in [1.82, 2.24) is 14.7 Å². The second-order valence-corrected chi connectivity index (χ2v) is 8.31. The Morgan fingerprint density at radius 2 is 1.89 bits per heavy atom. The van der Waals surface area contributed by atoms with E-state index in [2.05, 4.69) is 17.0 Å². The summed E-state index contributed by atoms with van der Waals surface area (Å²) in [6.07, 6.45) is 3.80. The van der Waals surface area contributed by atoms with Crippen molar-refractivity contribution in [2.75, 3.05) is 13.1 Å². The third kappa shape index (κ3) is 3.39. The van der Waals surface area contributed by atoms with Gasteiger partial charge < -0.3 is 4.90 Å². The van der Waals surface area contributed by atoms with Crippen LogP contribution in [0, 0.1) is 11.8 Å². The van der Waals surface area contributed by atoms with Gasteiger partial charge in [0, 0.05) is 24.9 Å². The molecular weight excluding hydrogens is 383 g/mol. The molecule has 1 aromatic heterocycles. The Morgan fingerprint density at radius 3 is 2.59 bits per heavy atom. The molecule has 0 spiro atoms. The number of fused-ring (bicyclic) bond motifs is 1. The zero-order valence-corrected chi connectivity index (χ0v) is 16.9. The second-order valence-electron chi connectivity index (χ2n) is 7.49. The number of likely N-dealkylation sites (tertiary alicyclic amines) is 1. The van der Waals surface area contributed by atoms with Crippen LogP contribution in [0.3, 0.4) is 0 Å². The second kappa shape index (κ2) is 7.28. The highest BCUT2D eigenvalue weighted by atomic mass is 35.5. The molecule has 2 aliphatic rings. The van der Waals surface area contributed by atoms with Crippen molar-refractivity contribution in [3.63, 3.8) is 0 Å². The van der Waals surface area contributed by atoms with Crippen LogP contribution in [0.25, 0.3) is 0 Å². The Kier molecular flexibility index (Phi) is 4.99. The van der Waals surface area contributed by atoms with Crippen LogP contribution in [0.2, 0.25) is 10.0 Å². The summed E-state index contributed by atoms with van der Waals surface area (Å²) >= 11 is 12.4. The molecule has 1 fully saturated rings. The van der Waals surface area contributed by atoms with E-state index in [1.54, 1.807) is 12.3 Å². The minimum absolute atomic E-state index is 0.111. The van der Waals surface area contributed by atoms with Crippen LogP contribution in [0.15, 0.2) is 35.5 Å². The quantitative estimate of drug-likeness (QED) is 0.724. The van der Waals surface area contributed by atoms with Crippen molar-refractivity contribution in [2.24, 2.45) is 16.8 Å². The molecule has 1 aromatic carbocycles. The van der Waals surface area contributed by atoms with E-state index in [1.807, 2.05) is 34.7 Å². The van der Waals surface area contributed by atoms with E-state index in [9.17, 15) is 4.79 Å². The zero-order valence-electron chi connectivity index (χ0n) is 15.4. The van der Waals surface area contributed by atoms with E-state index in [-0.39, 0.29) is 11.9 Å². The number of rotatable bonds is 2. The largest absolute Gasteiger partial charge is 0.342 e. The first-order valence-corrected chi connectivity index (χ1v) is 10.0. The molecule has 27 heavy (non-hydrogen) atoms. The fourth-order valence-electron chi connectivity index (χ4n) is 4.00. The molecule has 1 saturated heterocycles. The van der Waals surface area contributed by atoms with E-state index in [0.717, 1.165) is 43.0 Å². The minimum atomic E-state index is -0.400. The number of hydrogen-bond acceptors (Lipinski definition) is 3. The summed E-state index contributed by atoms with van der Waals surface area (Å²) in [5.41, 5.74) is 1.72. The lowest BCUT2D eigenvalue weighted by Gasteiger charge is -2.37. The lowest BCUT2D eigenvalue weighted by atomic mass is 9.86. The fourth-order valence-corrected chi connectivity index (χ4v) is 4.31. The summed E-state index contributed by atoms with van der Waals surface area (Å²) < 4.78 is 1.82. The molecule has 0 N–H and O–H groups in total. The van der Waals surface area contributed by atoms with Gasteiger partial charge in [0.1, 0.15) is 5.92 Å². The normalized spacial score (nSPS) is 23.1. The predicted octanol–water partition coefficient (Wildman–Crippen LogP) is 4.76. The van der Waals surface area contributed by atoms with E-state index < -0.39 is 5.92 Å². The summed E-state index contributed by atoms with van der Waals surface area (Å²) in [7, 11) is 0. The first-order valence-electron chi connectivity index (χ1n) is 9.28. The highest BCUT2D eigenvalue weighted by Crippen LogP contribution is 2.39. The van der Waals surface area contributed by atoms with Gasteiger partial charge in [-0.05, 0) is 43.4 Å². The monoisotopic (exact) mass is 404 g/mol. The standard InChI is InChI=1S/C20H22Cl2N4O/c1-12-6-9-25(10-7-12)20(27)18-13(2)24-17-5-8-23-26(17)19(18)14-3-4-15(21)16(22)11-14/h3-5,8,11-12,18-19H,6-7,9-10H2,1-2H3. The Labute approximate surface area is 169 Å². The molecule has 2 unspecified atom stereocenters. The topological polar surface area (TPSA) is 50.5 Å². The van der Waals surface area contributed by atoms with E-state index >= 15 is 0 Å². The van der Waals surface area contributed by atoms with Crippen LogP contribution < -0.4 is 0 Å². The van der Waals surface area contributed by atoms with Gasteiger partial charge in [-0.15, -0.1) is 0 Å². The summed E-state index contributed by atoms with van der Waals surface area (Å²) in [5.74, 6) is 1.13. The highest BCUT2D eigenvalue weighted by molar-refractivity contribution is 6.42. The van der Waals surface area contributed by atoms with Crippen molar-refractivity contribution >= 4 is 40.6 Å². The van der Waals surface area contributed by atoms with E-state index in [1.165, 1.54) is 0 Å². The van der Waals surface area contributed by atoms with Gasteiger partial charge in [0.15, 0.2) is 5.82 Å². The number of carbonyl (C=O) groups excluding carboxylic acids is 1. The first kappa shape index (κ1) is 18.5. The number of benzene rings is 1. The molecular formula is C20H22Cl2N4O. The summed E-state index contributed by atoms with van der Waals surface area (Å²) in [6.45, 7) is 5.76. The maximum atomic E-state index is 13.5. The number of aliphatic imine (C=N–C) groups is 1. The summed E-state index contributed by atoms with van der Waals surface area (Å²) in [5, 5.41) is 5.42. The maximum Gasteiger partial charge on any atom is 0.233 e. The number of hydrogen-bond donors (Lipinski definition) is 0. The molecule has 1 amide bonds. The lowest BCUT2D eigenvalue weighted by Crippen LogP contribution is -2.47. The summed E-state index contributed by atoms with van der Waals surface area (Å²) in [4.78, 5) is 20.1. The SMILES string of the molecule is CC1=Nc2ccnn2C(c2ccc(Cl)c(Cl)c2)C1C(=O)N1CCC(C)CC1. The number of amides is 1. The smallest absolute Gasteiger partial charge is 0.233 e. The van der Waals surface area contributed by atoms with E-state index in [4.69, 9.17) is 23.2 Å². The molecule has 2 atom stereocenters. The number of piperidine rings is 1. The molecule has 0 bridgehead atoms. The van der Waals surface area contributed by atoms with Crippen LogP contribution in [-0.2, 0) is 4.79 Å². The molecule has 0 saturated carbocycles. The lowest BCUT2D eigenvalue weighted by molar-refractivity contribution is -0.135. The molecule has 0 aliphatic carbocycles. The Morgan fingerprint density at radius 1 is 1.15 bits per heavy atom. The number of halogens is 2. The molecule has 0 radical (unpaired) electrons. The molecule has 142 valence electrons. The van der Waals surface area contributed by atoms with Gasteiger partial charge >= 0.3 is 0 Å². The number of carbonyl (C=O) groups is 1. The van der Waals surface area contributed by atoms with Crippen LogP contribution >= 0.6 is 23.2 Å². The van der Waals surface area contributed by atoms with Gasteiger partial charge in [-0.3, -0.25) is 4.79 Å². The van der Waals surface area contributed by atoms with Gasteiger partial charge in [0.25, 0.3) is 0 Å². The van der Waals surface area contributed by atoms with Gasteiger partial charge in [-0.1, -0.05) is 36.2 Å². The van der Waals surface area contributed by atoms with Gasteiger partial charge in [-0.2, -0.15) is 5.10 Å². The Hall–Kier alpha value is -1.85. The van der Waals surface area contributed by atoms with Gasteiger partial charge in [-0.25, -0.2) is 9.67 Å². The zero-order chi connectivity index (χ0) is 19.1. The Bertz CT molecular complexity index is 899. The molecule has 7 heteroatoms. The minimum Gasteiger partial charge on any atom is -0.342 e. The number of nitrogens with zero attached hydrogens (tertiary/aromatic N) is 4. The van der Waals surface area contributed by atoms with Crippen LogP contribution in [0.1, 0.15) is 38.3 Å². The molecule has 3 heterocycles.